The van der Waals surface area contributed by atoms with E-state index in [-0.39, 0.29) is 30.7 Å². The van der Waals surface area contributed by atoms with E-state index in [9.17, 15) is 18.0 Å². The molecule has 0 spiro atoms. The Hall–Kier alpha value is -2.10. The van der Waals surface area contributed by atoms with Gasteiger partial charge in [0.25, 0.3) is 0 Å². The van der Waals surface area contributed by atoms with Crippen molar-refractivity contribution in [2.24, 2.45) is 0 Å². The van der Waals surface area contributed by atoms with Crippen LogP contribution in [0.3, 0.4) is 0 Å². The summed E-state index contributed by atoms with van der Waals surface area (Å²) in [5, 5.41) is 2.87. The number of carbonyl (C=O) groups excluding carboxylic acids is 1. The maximum atomic E-state index is 12.6. The largest absolute Gasteiger partial charge is 0.444 e. The summed E-state index contributed by atoms with van der Waals surface area (Å²) < 4.78 is 49.0. The minimum atomic E-state index is -4.49. The smallest absolute Gasteiger partial charge is 0.419 e. The van der Waals surface area contributed by atoms with E-state index in [0.717, 1.165) is 0 Å². The Morgan fingerprint density at radius 1 is 1.30 bits per heavy atom. The molecule has 1 amide bonds. The molecule has 10 heteroatoms. The standard InChI is InChI=1S/C17H25F3N4O3/c1-10-9-24(15(25)27-16(3,4)5)13(11(2)26-10)8-23-14-21-6-12(7-22-14)17(18,19)20/h6-7,10-11,13H,8-9H2,1-5H3,(H,21,22,23)/t10-,11-,13+/m0/s1. The van der Waals surface area contributed by atoms with Gasteiger partial charge in [-0.05, 0) is 34.6 Å². The second-order valence-electron chi connectivity index (χ2n) is 7.53. The number of alkyl halides is 3. The molecule has 1 aliphatic rings. The van der Waals surface area contributed by atoms with Gasteiger partial charge in [0.2, 0.25) is 5.95 Å². The van der Waals surface area contributed by atoms with Crippen LogP contribution in [0.15, 0.2) is 12.4 Å². The highest BCUT2D eigenvalue weighted by atomic mass is 19.4. The summed E-state index contributed by atoms with van der Waals surface area (Å²) in [7, 11) is 0. The van der Waals surface area contributed by atoms with E-state index < -0.39 is 23.4 Å². The number of rotatable bonds is 3. The molecule has 1 aliphatic heterocycles. The lowest BCUT2D eigenvalue weighted by Crippen LogP contribution is -2.58. The van der Waals surface area contributed by atoms with Crippen molar-refractivity contribution < 1.29 is 27.4 Å². The van der Waals surface area contributed by atoms with Crippen molar-refractivity contribution >= 4 is 12.0 Å². The Labute approximate surface area is 156 Å². The number of carbonyl (C=O) groups is 1. The van der Waals surface area contributed by atoms with E-state index in [1.54, 1.807) is 25.7 Å². The number of nitrogens with zero attached hydrogens (tertiary/aromatic N) is 3. The molecule has 2 rings (SSSR count). The zero-order valence-corrected chi connectivity index (χ0v) is 16.0. The van der Waals surface area contributed by atoms with Crippen LogP contribution in [0.4, 0.5) is 23.9 Å². The summed E-state index contributed by atoms with van der Waals surface area (Å²) >= 11 is 0. The third kappa shape index (κ3) is 5.95. The second-order valence-corrected chi connectivity index (χ2v) is 7.53. The average molecular weight is 390 g/mol. The lowest BCUT2D eigenvalue weighted by Gasteiger charge is -2.43. The number of hydrogen-bond acceptors (Lipinski definition) is 6. The van der Waals surface area contributed by atoms with E-state index >= 15 is 0 Å². The van der Waals surface area contributed by atoms with Crippen LogP contribution in [-0.4, -0.2) is 57.9 Å². The molecule has 1 fully saturated rings. The van der Waals surface area contributed by atoms with E-state index in [0.29, 0.717) is 18.9 Å². The number of aromatic nitrogens is 2. The summed E-state index contributed by atoms with van der Waals surface area (Å²) in [6.07, 6.45) is -4.00. The maximum Gasteiger partial charge on any atom is 0.419 e. The predicted molar refractivity (Wildman–Crippen MR) is 92.3 cm³/mol. The molecule has 0 unspecified atom stereocenters. The topological polar surface area (TPSA) is 76.6 Å². The number of nitrogens with one attached hydrogen (secondary N) is 1. The Morgan fingerprint density at radius 2 is 1.89 bits per heavy atom. The highest BCUT2D eigenvalue weighted by Gasteiger charge is 2.38. The molecule has 0 bridgehead atoms. The molecular formula is C17H25F3N4O3. The third-order valence-electron chi connectivity index (χ3n) is 3.92. The Balaban J connectivity index is 2.07. The lowest BCUT2D eigenvalue weighted by atomic mass is 10.1. The fourth-order valence-electron chi connectivity index (χ4n) is 2.73. The predicted octanol–water partition coefficient (Wildman–Crippen LogP) is 3.32. The Bertz CT molecular complexity index is 646. The van der Waals surface area contributed by atoms with E-state index in [2.05, 4.69) is 15.3 Å². The molecule has 1 aromatic rings. The van der Waals surface area contributed by atoms with Gasteiger partial charge in [0, 0.05) is 18.9 Å². The van der Waals surface area contributed by atoms with Gasteiger partial charge in [0.1, 0.15) is 5.60 Å². The fourth-order valence-corrected chi connectivity index (χ4v) is 2.73. The number of amides is 1. The van der Waals surface area contributed by atoms with Gasteiger partial charge >= 0.3 is 12.3 Å². The summed E-state index contributed by atoms with van der Waals surface area (Å²) in [4.78, 5) is 21.5. The van der Waals surface area contributed by atoms with Gasteiger partial charge < -0.3 is 14.8 Å². The molecule has 1 aromatic heterocycles. The minimum Gasteiger partial charge on any atom is -0.444 e. The number of morpholine rings is 1. The first kappa shape index (κ1) is 21.2. The lowest BCUT2D eigenvalue weighted by molar-refractivity contribution is -0.138. The molecule has 27 heavy (non-hydrogen) atoms. The summed E-state index contributed by atoms with van der Waals surface area (Å²) in [5.41, 5.74) is -1.57. The first-order chi connectivity index (χ1) is 12.4. The van der Waals surface area contributed by atoms with Gasteiger partial charge in [-0.3, -0.25) is 4.90 Å². The van der Waals surface area contributed by atoms with E-state index in [4.69, 9.17) is 9.47 Å². The molecule has 1 saturated heterocycles. The molecule has 7 nitrogen and oxygen atoms in total. The number of hydrogen-bond donors (Lipinski definition) is 1. The fraction of sp³-hybridized carbons (Fsp3) is 0.706. The van der Waals surface area contributed by atoms with Gasteiger partial charge in [-0.25, -0.2) is 14.8 Å². The van der Waals surface area contributed by atoms with E-state index in [1.807, 2.05) is 13.8 Å². The van der Waals surface area contributed by atoms with Gasteiger partial charge in [0.05, 0.1) is 30.4 Å². The van der Waals surface area contributed by atoms with Crippen LogP contribution in [0, 0.1) is 0 Å². The van der Waals surface area contributed by atoms with Crippen LogP contribution in [0.25, 0.3) is 0 Å². The molecule has 0 saturated carbocycles. The number of halogens is 3. The first-order valence-corrected chi connectivity index (χ1v) is 8.65. The monoisotopic (exact) mass is 390 g/mol. The van der Waals surface area contributed by atoms with Crippen LogP contribution in [0.1, 0.15) is 40.2 Å². The summed E-state index contributed by atoms with van der Waals surface area (Å²) in [6, 6.07) is -0.387. The highest BCUT2D eigenvalue weighted by Crippen LogP contribution is 2.28. The van der Waals surface area contributed by atoms with Gasteiger partial charge in [0.15, 0.2) is 0 Å². The molecule has 1 N–H and O–H groups in total. The third-order valence-corrected chi connectivity index (χ3v) is 3.92. The zero-order chi connectivity index (χ0) is 20.4. The molecule has 0 aliphatic carbocycles. The van der Waals surface area contributed by atoms with Gasteiger partial charge in [-0.1, -0.05) is 0 Å². The van der Waals surface area contributed by atoms with Crippen LogP contribution in [-0.2, 0) is 15.7 Å². The second kappa shape index (κ2) is 7.87. The first-order valence-electron chi connectivity index (χ1n) is 8.65. The van der Waals surface area contributed by atoms with Crippen molar-refractivity contribution in [1.29, 1.82) is 0 Å². The maximum absolute atomic E-state index is 12.6. The average Bonchev–Trinajstić information content (AvgIpc) is 2.51. The van der Waals surface area contributed by atoms with E-state index in [1.165, 1.54) is 0 Å². The molecule has 0 aromatic carbocycles. The van der Waals surface area contributed by atoms with Crippen LogP contribution < -0.4 is 5.32 Å². The van der Waals surface area contributed by atoms with Crippen molar-refractivity contribution in [3.63, 3.8) is 0 Å². The molecule has 0 radical (unpaired) electrons. The van der Waals surface area contributed by atoms with Crippen molar-refractivity contribution in [2.75, 3.05) is 18.4 Å². The van der Waals surface area contributed by atoms with Crippen LogP contribution >= 0.6 is 0 Å². The van der Waals surface area contributed by atoms with Gasteiger partial charge in [-0.2, -0.15) is 13.2 Å². The van der Waals surface area contributed by atoms with Crippen molar-refractivity contribution in [2.45, 2.75) is 64.6 Å². The number of anilines is 1. The van der Waals surface area contributed by atoms with Crippen molar-refractivity contribution in [1.82, 2.24) is 14.9 Å². The molecular weight excluding hydrogens is 365 g/mol. The molecule has 3 atom stereocenters. The van der Waals surface area contributed by atoms with Gasteiger partial charge in [-0.15, -0.1) is 0 Å². The number of ether oxygens (including phenoxy) is 2. The summed E-state index contributed by atoms with van der Waals surface area (Å²) in [6.45, 7) is 9.58. The normalized spacial score (nSPS) is 23.9. The van der Waals surface area contributed by atoms with Crippen LogP contribution in [0.2, 0.25) is 0 Å². The Kier molecular flexibility index (Phi) is 6.18. The highest BCUT2D eigenvalue weighted by molar-refractivity contribution is 5.69. The molecule has 152 valence electrons. The summed E-state index contributed by atoms with van der Waals surface area (Å²) in [5.74, 6) is 0.0398. The van der Waals surface area contributed by atoms with Crippen molar-refractivity contribution in [3.8, 4) is 0 Å². The SMILES string of the molecule is C[C@@H]1O[C@@H](C)CN(C(=O)OC(C)(C)C)[C@@H]1CNc1ncc(C(F)(F)F)cn1. The van der Waals surface area contributed by atoms with Crippen molar-refractivity contribution in [3.05, 3.63) is 18.0 Å². The van der Waals surface area contributed by atoms with Crippen LogP contribution in [0.5, 0.6) is 0 Å². The quantitative estimate of drug-likeness (QED) is 0.853. The minimum absolute atomic E-state index is 0.0398. The zero-order valence-electron chi connectivity index (χ0n) is 16.0. The molecule has 2 heterocycles. The Morgan fingerprint density at radius 3 is 2.41 bits per heavy atom.